The second-order valence-corrected chi connectivity index (χ2v) is 9.32. The van der Waals surface area contributed by atoms with Crippen LogP contribution in [0.25, 0.3) is 11.1 Å². The molecule has 0 radical (unpaired) electrons. The molecule has 0 heterocycles. The molecule has 1 amide bonds. The number of nitrogens with one attached hydrogen (secondary N) is 1. The molecule has 0 saturated heterocycles. The maximum atomic E-state index is 11.9. The van der Waals surface area contributed by atoms with Crippen LogP contribution in [0, 0.1) is 0 Å². The molecule has 2 N–H and O–H groups in total. The lowest BCUT2D eigenvalue weighted by Gasteiger charge is -2.23. The largest absolute Gasteiger partial charge is 0.444 e. The third-order valence-electron chi connectivity index (χ3n) is 3.78. The Labute approximate surface area is 160 Å². The van der Waals surface area contributed by atoms with Crippen molar-refractivity contribution >= 4 is 15.9 Å². The summed E-state index contributed by atoms with van der Waals surface area (Å²) in [7, 11) is -3.28. The lowest BCUT2D eigenvalue weighted by atomic mass is 10.0. The van der Waals surface area contributed by atoms with Crippen LogP contribution in [0.1, 0.15) is 32.4 Å². The summed E-state index contributed by atoms with van der Waals surface area (Å²) < 4.78 is 28.7. The Bertz CT molecular complexity index is 899. The number of hydrogen-bond acceptors (Lipinski definition) is 5. The molecule has 6 nitrogen and oxygen atoms in total. The highest BCUT2D eigenvalue weighted by Crippen LogP contribution is 2.24. The topological polar surface area (TPSA) is 92.7 Å². The molecular weight excluding hydrogens is 366 g/mol. The summed E-state index contributed by atoms with van der Waals surface area (Å²) in [5, 5.41) is 12.2. The summed E-state index contributed by atoms with van der Waals surface area (Å²) >= 11 is 0. The molecule has 0 aromatic heterocycles. The molecule has 0 bridgehead atoms. The monoisotopic (exact) mass is 391 g/mol. The van der Waals surface area contributed by atoms with E-state index in [2.05, 4.69) is 5.32 Å². The lowest BCUT2D eigenvalue weighted by Crippen LogP contribution is -2.36. The number of amides is 1. The van der Waals surface area contributed by atoms with Crippen molar-refractivity contribution in [2.45, 2.75) is 37.3 Å². The minimum Gasteiger partial charge on any atom is -0.444 e. The second kappa shape index (κ2) is 8.10. The van der Waals surface area contributed by atoms with E-state index in [0.717, 1.165) is 11.1 Å². The van der Waals surface area contributed by atoms with Crippen LogP contribution in [0.3, 0.4) is 0 Å². The van der Waals surface area contributed by atoms with Crippen molar-refractivity contribution in [1.82, 2.24) is 5.32 Å². The van der Waals surface area contributed by atoms with Gasteiger partial charge in [-0.2, -0.15) is 0 Å². The number of hydrogen-bond donors (Lipinski definition) is 2. The van der Waals surface area contributed by atoms with Crippen molar-refractivity contribution in [1.29, 1.82) is 0 Å². The standard InChI is InChI=1S/C20H25NO5S/c1-20(2,3)26-19(23)21-18(13-22)15-10-8-14(9-11-15)16-6-5-7-17(12-16)27(4,24)25/h5-12,18,22H,13H2,1-4H3,(H,21,23)/t18-/m0/s1. The van der Waals surface area contributed by atoms with Gasteiger partial charge in [-0.3, -0.25) is 0 Å². The molecule has 0 aliphatic heterocycles. The second-order valence-electron chi connectivity index (χ2n) is 7.30. The van der Waals surface area contributed by atoms with Crippen LogP contribution >= 0.6 is 0 Å². The number of sulfone groups is 1. The fraction of sp³-hybridized carbons (Fsp3) is 0.350. The predicted molar refractivity (Wildman–Crippen MR) is 104 cm³/mol. The summed E-state index contributed by atoms with van der Waals surface area (Å²) in [5.41, 5.74) is 1.69. The van der Waals surface area contributed by atoms with Crippen molar-refractivity contribution in [3.63, 3.8) is 0 Å². The number of benzene rings is 2. The maximum absolute atomic E-state index is 11.9. The van der Waals surface area contributed by atoms with E-state index >= 15 is 0 Å². The molecule has 146 valence electrons. The predicted octanol–water partition coefficient (Wildman–Crippen LogP) is 3.32. The van der Waals surface area contributed by atoms with Gasteiger partial charge in [-0.05, 0) is 49.6 Å². The molecule has 0 aliphatic rings. The van der Waals surface area contributed by atoms with Gasteiger partial charge in [0, 0.05) is 6.26 Å². The van der Waals surface area contributed by atoms with Crippen LogP contribution in [0.2, 0.25) is 0 Å². The number of aliphatic hydroxyl groups is 1. The molecule has 0 fully saturated rings. The summed E-state index contributed by atoms with van der Waals surface area (Å²) in [4.78, 5) is 12.2. The third kappa shape index (κ3) is 6.08. The van der Waals surface area contributed by atoms with Crippen molar-refractivity contribution in [2.24, 2.45) is 0 Å². The molecule has 7 heteroatoms. The highest BCUT2D eigenvalue weighted by Gasteiger charge is 2.20. The molecular formula is C20H25NO5S. The smallest absolute Gasteiger partial charge is 0.408 e. The summed E-state index contributed by atoms with van der Waals surface area (Å²) in [6.07, 6.45) is 0.565. The van der Waals surface area contributed by atoms with Gasteiger partial charge in [0.15, 0.2) is 9.84 Å². The van der Waals surface area contributed by atoms with Crippen molar-refractivity contribution in [3.05, 3.63) is 54.1 Å². The highest BCUT2D eigenvalue weighted by atomic mass is 32.2. The first-order valence-corrected chi connectivity index (χ1v) is 10.4. The fourth-order valence-corrected chi connectivity index (χ4v) is 3.17. The first-order valence-electron chi connectivity index (χ1n) is 8.50. The summed E-state index contributed by atoms with van der Waals surface area (Å²) in [5.74, 6) is 0. The van der Waals surface area contributed by atoms with Crippen molar-refractivity contribution in [2.75, 3.05) is 12.9 Å². The van der Waals surface area contributed by atoms with E-state index in [-0.39, 0.29) is 11.5 Å². The summed E-state index contributed by atoms with van der Waals surface area (Å²) in [6.45, 7) is 5.02. The van der Waals surface area contributed by atoms with Crippen molar-refractivity contribution in [3.8, 4) is 11.1 Å². The molecule has 1 atom stereocenters. The number of ether oxygens (including phenoxy) is 1. The van der Waals surface area contributed by atoms with E-state index in [1.807, 2.05) is 18.2 Å². The van der Waals surface area contributed by atoms with Gasteiger partial charge in [-0.1, -0.05) is 36.4 Å². The number of alkyl carbamates (subject to hydrolysis) is 1. The first kappa shape index (κ1) is 20.9. The number of carbonyl (C=O) groups excluding carboxylic acids is 1. The van der Waals surface area contributed by atoms with Crippen LogP contribution in [0.4, 0.5) is 4.79 Å². The van der Waals surface area contributed by atoms with Crippen LogP contribution < -0.4 is 5.32 Å². The quantitative estimate of drug-likeness (QED) is 0.816. The first-order chi connectivity index (χ1) is 12.5. The van der Waals surface area contributed by atoms with Gasteiger partial charge < -0.3 is 15.2 Å². The Morgan fingerprint density at radius 1 is 1.11 bits per heavy atom. The Morgan fingerprint density at radius 2 is 1.74 bits per heavy atom. The van der Waals surface area contributed by atoms with Crippen LogP contribution in [0.5, 0.6) is 0 Å². The maximum Gasteiger partial charge on any atom is 0.408 e. The molecule has 2 aromatic rings. The molecule has 0 aliphatic carbocycles. The van der Waals surface area contributed by atoms with Crippen molar-refractivity contribution < 1.29 is 23.1 Å². The fourth-order valence-electron chi connectivity index (χ4n) is 2.50. The Balaban J connectivity index is 2.19. The van der Waals surface area contributed by atoms with Gasteiger partial charge in [0.05, 0.1) is 17.5 Å². The van der Waals surface area contributed by atoms with E-state index in [1.54, 1.807) is 51.1 Å². The molecule has 2 aromatic carbocycles. The average Bonchev–Trinajstić information content (AvgIpc) is 2.58. The third-order valence-corrected chi connectivity index (χ3v) is 4.89. The van der Waals surface area contributed by atoms with Gasteiger partial charge in [-0.25, -0.2) is 13.2 Å². The summed E-state index contributed by atoms with van der Waals surface area (Å²) in [6, 6.07) is 13.3. The average molecular weight is 391 g/mol. The van der Waals surface area contributed by atoms with E-state index in [0.29, 0.717) is 5.56 Å². The minimum atomic E-state index is -3.28. The van der Waals surface area contributed by atoms with Gasteiger partial charge >= 0.3 is 6.09 Å². The van der Waals surface area contributed by atoms with Gasteiger partial charge in [0.2, 0.25) is 0 Å². The van der Waals surface area contributed by atoms with E-state index in [1.165, 1.54) is 6.26 Å². The molecule has 2 rings (SSSR count). The van der Waals surface area contributed by atoms with Gasteiger partial charge in [0.1, 0.15) is 5.60 Å². The van der Waals surface area contributed by atoms with Gasteiger partial charge in [-0.15, -0.1) is 0 Å². The molecule has 0 unspecified atom stereocenters. The zero-order valence-corrected chi connectivity index (χ0v) is 16.7. The van der Waals surface area contributed by atoms with Crippen LogP contribution in [-0.2, 0) is 14.6 Å². The number of aliphatic hydroxyl groups excluding tert-OH is 1. The highest BCUT2D eigenvalue weighted by molar-refractivity contribution is 7.90. The van der Waals surface area contributed by atoms with E-state index in [4.69, 9.17) is 4.74 Å². The molecule has 0 saturated carbocycles. The van der Waals surface area contributed by atoms with Crippen LogP contribution in [0.15, 0.2) is 53.4 Å². The Morgan fingerprint density at radius 3 is 2.26 bits per heavy atom. The number of carbonyl (C=O) groups is 1. The zero-order chi connectivity index (χ0) is 20.2. The minimum absolute atomic E-state index is 0.254. The van der Waals surface area contributed by atoms with Gasteiger partial charge in [0.25, 0.3) is 0 Å². The normalized spacial score (nSPS) is 13.1. The van der Waals surface area contributed by atoms with E-state index in [9.17, 15) is 18.3 Å². The SMILES string of the molecule is CC(C)(C)OC(=O)N[C@@H](CO)c1ccc(-c2cccc(S(C)(=O)=O)c2)cc1. The Hall–Kier alpha value is -2.38. The Kier molecular flexibility index (Phi) is 6.28. The van der Waals surface area contributed by atoms with Crippen LogP contribution in [-0.4, -0.2) is 38.1 Å². The zero-order valence-electron chi connectivity index (χ0n) is 15.9. The number of rotatable bonds is 5. The molecule has 27 heavy (non-hydrogen) atoms. The van der Waals surface area contributed by atoms with E-state index < -0.39 is 27.6 Å². The molecule has 0 spiro atoms. The lowest BCUT2D eigenvalue weighted by molar-refractivity contribution is 0.0482.